The van der Waals surface area contributed by atoms with E-state index in [0.717, 1.165) is 12.3 Å². The monoisotopic (exact) mass is 253 g/mol. The van der Waals surface area contributed by atoms with E-state index in [1.165, 1.54) is 12.8 Å². The molecule has 0 aromatic heterocycles. The van der Waals surface area contributed by atoms with Crippen LogP contribution in [0.5, 0.6) is 0 Å². The molecule has 0 aliphatic carbocycles. The predicted molar refractivity (Wildman–Crippen MR) is 69.0 cm³/mol. The Hall–Kier alpha value is -1.10. The van der Waals surface area contributed by atoms with Gasteiger partial charge in [0.15, 0.2) is 0 Å². The predicted octanol–water partition coefficient (Wildman–Crippen LogP) is 0.112. The quantitative estimate of drug-likeness (QED) is 0.747. The molecule has 0 radical (unpaired) electrons. The van der Waals surface area contributed by atoms with Gasteiger partial charge in [0.2, 0.25) is 11.8 Å². The first-order valence-electron chi connectivity index (χ1n) is 6.87. The van der Waals surface area contributed by atoms with Gasteiger partial charge in [-0.2, -0.15) is 0 Å². The number of amides is 2. The van der Waals surface area contributed by atoms with Crippen LogP contribution >= 0.6 is 0 Å². The second kappa shape index (κ2) is 5.69. The number of nitrogens with one attached hydrogen (secondary N) is 2. The van der Waals surface area contributed by atoms with Gasteiger partial charge in [-0.05, 0) is 12.3 Å². The van der Waals surface area contributed by atoms with Crippen LogP contribution in [-0.4, -0.2) is 48.4 Å². The van der Waals surface area contributed by atoms with Gasteiger partial charge in [0, 0.05) is 12.6 Å². The fourth-order valence-electron chi connectivity index (χ4n) is 2.79. The molecule has 2 N–H and O–H groups in total. The second-order valence-corrected chi connectivity index (χ2v) is 5.71. The van der Waals surface area contributed by atoms with E-state index >= 15 is 0 Å². The summed E-state index contributed by atoms with van der Waals surface area (Å²) < 4.78 is 0. The second-order valence-electron chi connectivity index (χ2n) is 5.71. The van der Waals surface area contributed by atoms with Gasteiger partial charge in [0.25, 0.3) is 0 Å². The summed E-state index contributed by atoms with van der Waals surface area (Å²) in [6.07, 6.45) is 3.45. The van der Waals surface area contributed by atoms with Crippen LogP contribution in [0.15, 0.2) is 0 Å². The Morgan fingerprint density at radius 2 is 2.17 bits per heavy atom. The zero-order valence-corrected chi connectivity index (χ0v) is 11.2. The highest BCUT2D eigenvalue weighted by atomic mass is 16.2. The zero-order valence-electron chi connectivity index (χ0n) is 11.2. The Morgan fingerprint density at radius 3 is 2.89 bits per heavy atom. The standard InChI is InChI=1S/C13H23N3O2/c1-9(2)4-3-5-10-11-6-15-12(17)8-16(11)13(18)7-14-10/h9-11,14H,3-8H2,1-2H3,(H,15,17). The molecule has 2 amide bonds. The molecule has 2 fully saturated rings. The van der Waals surface area contributed by atoms with Crippen molar-refractivity contribution in [3.63, 3.8) is 0 Å². The van der Waals surface area contributed by atoms with E-state index in [9.17, 15) is 9.59 Å². The molecule has 5 nitrogen and oxygen atoms in total. The molecular formula is C13H23N3O2. The molecule has 2 heterocycles. The van der Waals surface area contributed by atoms with Crippen molar-refractivity contribution >= 4 is 11.8 Å². The van der Waals surface area contributed by atoms with Gasteiger partial charge in [-0.25, -0.2) is 0 Å². The third kappa shape index (κ3) is 3.02. The van der Waals surface area contributed by atoms with Crippen molar-refractivity contribution in [1.82, 2.24) is 15.5 Å². The molecule has 0 bridgehead atoms. The number of piperazine rings is 2. The van der Waals surface area contributed by atoms with Crippen LogP contribution in [-0.2, 0) is 9.59 Å². The van der Waals surface area contributed by atoms with Crippen LogP contribution in [0.25, 0.3) is 0 Å². The molecule has 102 valence electrons. The highest BCUT2D eigenvalue weighted by Crippen LogP contribution is 2.18. The van der Waals surface area contributed by atoms with Gasteiger partial charge < -0.3 is 15.5 Å². The average molecular weight is 253 g/mol. The van der Waals surface area contributed by atoms with Gasteiger partial charge in [-0.15, -0.1) is 0 Å². The molecule has 0 spiro atoms. The van der Waals surface area contributed by atoms with E-state index < -0.39 is 0 Å². The Balaban J connectivity index is 1.91. The van der Waals surface area contributed by atoms with Crippen LogP contribution < -0.4 is 10.6 Å². The Labute approximate surface area is 108 Å². The molecule has 5 heteroatoms. The van der Waals surface area contributed by atoms with Crippen LogP contribution in [0.3, 0.4) is 0 Å². The van der Waals surface area contributed by atoms with Crippen LogP contribution in [0, 0.1) is 5.92 Å². The summed E-state index contributed by atoms with van der Waals surface area (Å²) in [5.41, 5.74) is 0. The molecule has 18 heavy (non-hydrogen) atoms. The molecule has 2 saturated heterocycles. The van der Waals surface area contributed by atoms with Crippen LogP contribution in [0.2, 0.25) is 0 Å². The minimum Gasteiger partial charge on any atom is -0.352 e. The third-order valence-corrected chi connectivity index (χ3v) is 3.82. The number of hydrogen-bond donors (Lipinski definition) is 2. The summed E-state index contributed by atoms with van der Waals surface area (Å²) >= 11 is 0. The maximum Gasteiger partial charge on any atom is 0.239 e. The lowest BCUT2D eigenvalue weighted by molar-refractivity contribution is -0.144. The van der Waals surface area contributed by atoms with Gasteiger partial charge in [-0.1, -0.05) is 26.7 Å². The lowest BCUT2D eigenvalue weighted by atomic mass is 9.94. The maximum absolute atomic E-state index is 11.8. The van der Waals surface area contributed by atoms with E-state index in [4.69, 9.17) is 0 Å². The SMILES string of the molecule is CC(C)CCCC1NCC(=O)N2CC(=O)NCC12. The number of rotatable bonds is 4. The van der Waals surface area contributed by atoms with Crippen molar-refractivity contribution in [2.24, 2.45) is 5.92 Å². The fourth-order valence-corrected chi connectivity index (χ4v) is 2.79. The molecule has 2 unspecified atom stereocenters. The largest absolute Gasteiger partial charge is 0.352 e. The van der Waals surface area contributed by atoms with Gasteiger partial charge in [-0.3, -0.25) is 9.59 Å². The first-order valence-corrected chi connectivity index (χ1v) is 6.87. The van der Waals surface area contributed by atoms with Crippen molar-refractivity contribution in [2.75, 3.05) is 19.6 Å². The molecule has 2 aliphatic heterocycles. The molecule has 0 saturated carbocycles. The molecule has 0 aromatic carbocycles. The first kappa shape index (κ1) is 13.3. The Bertz CT molecular complexity index is 330. The molecule has 2 rings (SSSR count). The van der Waals surface area contributed by atoms with Crippen molar-refractivity contribution in [3.05, 3.63) is 0 Å². The summed E-state index contributed by atoms with van der Waals surface area (Å²) in [5, 5.41) is 6.17. The Morgan fingerprint density at radius 1 is 1.39 bits per heavy atom. The van der Waals surface area contributed by atoms with Crippen molar-refractivity contribution in [3.8, 4) is 0 Å². The summed E-state index contributed by atoms with van der Waals surface area (Å²) in [4.78, 5) is 24.9. The van der Waals surface area contributed by atoms with Crippen molar-refractivity contribution in [2.45, 2.75) is 45.2 Å². The van der Waals surface area contributed by atoms with Crippen LogP contribution in [0.4, 0.5) is 0 Å². The van der Waals surface area contributed by atoms with E-state index in [0.29, 0.717) is 19.1 Å². The fraction of sp³-hybridized carbons (Fsp3) is 0.846. The lowest BCUT2D eigenvalue weighted by Gasteiger charge is -2.44. The first-order chi connectivity index (χ1) is 8.58. The molecular weight excluding hydrogens is 230 g/mol. The number of carbonyl (C=O) groups is 2. The normalized spacial score (nSPS) is 28.3. The minimum atomic E-state index is -0.0394. The van der Waals surface area contributed by atoms with Crippen molar-refractivity contribution < 1.29 is 9.59 Å². The van der Waals surface area contributed by atoms with E-state index in [2.05, 4.69) is 24.5 Å². The summed E-state index contributed by atoms with van der Waals surface area (Å²) in [5.74, 6) is 0.731. The van der Waals surface area contributed by atoms with Crippen molar-refractivity contribution in [1.29, 1.82) is 0 Å². The smallest absolute Gasteiger partial charge is 0.239 e. The number of hydrogen-bond acceptors (Lipinski definition) is 3. The summed E-state index contributed by atoms with van der Waals surface area (Å²) in [6.45, 7) is 5.64. The minimum absolute atomic E-state index is 0.0394. The van der Waals surface area contributed by atoms with Gasteiger partial charge >= 0.3 is 0 Å². The van der Waals surface area contributed by atoms with Gasteiger partial charge in [0.1, 0.15) is 0 Å². The van der Waals surface area contributed by atoms with E-state index in [-0.39, 0.29) is 24.4 Å². The molecule has 0 aromatic rings. The van der Waals surface area contributed by atoms with E-state index in [1.807, 2.05) is 0 Å². The van der Waals surface area contributed by atoms with E-state index in [1.54, 1.807) is 4.90 Å². The highest BCUT2D eigenvalue weighted by molar-refractivity contribution is 5.87. The third-order valence-electron chi connectivity index (χ3n) is 3.82. The number of fused-ring (bicyclic) bond motifs is 1. The maximum atomic E-state index is 11.8. The summed E-state index contributed by atoms with van der Waals surface area (Å²) in [6, 6.07) is 0.457. The molecule has 2 aliphatic rings. The van der Waals surface area contributed by atoms with Gasteiger partial charge in [0.05, 0.1) is 19.1 Å². The topological polar surface area (TPSA) is 61.4 Å². The average Bonchev–Trinajstić information content (AvgIpc) is 2.32. The summed E-state index contributed by atoms with van der Waals surface area (Å²) in [7, 11) is 0. The molecule has 2 atom stereocenters. The van der Waals surface area contributed by atoms with Crippen LogP contribution in [0.1, 0.15) is 33.1 Å². The number of nitrogens with zero attached hydrogens (tertiary/aromatic N) is 1. The highest BCUT2D eigenvalue weighted by Gasteiger charge is 2.38. The zero-order chi connectivity index (χ0) is 13.1. The Kier molecular flexibility index (Phi) is 4.22. The lowest BCUT2D eigenvalue weighted by Crippen LogP contribution is -2.68. The number of carbonyl (C=O) groups excluding carboxylic acids is 2.